The van der Waals surface area contributed by atoms with Crippen LogP contribution in [0.1, 0.15) is 37.0 Å². The number of benzene rings is 1. The Morgan fingerprint density at radius 3 is 2.67 bits per heavy atom. The van der Waals surface area contributed by atoms with E-state index in [1.165, 1.54) is 12.1 Å². The second-order valence-corrected chi connectivity index (χ2v) is 4.95. The minimum absolute atomic E-state index is 0.00639. The lowest BCUT2D eigenvalue weighted by Gasteiger charge is -2.21. The predicted octanol–water partition coefficient (Wildman–Crippen LogP) is 3.43. The summed E-state index contributed by atoms with van der Waals surface area (Å²) in [6, 6.07) is 2.62. The molecule has 1 amide bonds. The minimum Gasteiger partial charge on any atom is -0.396 e. The molecule has 0 aliphatic carbocycles. The van der Waals surface area contributed by atoms with E-state index >= 15 is 0 Å². The average molecular weight is 317 g/mol. The van der Waals surface area contributed by atoms with Crippen LogP contribution in [0.4, 0.5) is 10.1 Å². The highest BCUT2D eigenvalue weighted by Crippen LogP contribution is 2.24. The molecule has 0 fully saturated rings. The van der Waals surface area contributed by atoms with E-state index in [2.05, 4.69) is 22.9 Å². The third kappa shape index (κ3) is 3.45. The molecular formula is C13H18BrFN2O. The third-order valence-electron chi connectivity index (χ3n) is 2.77. The maximum Gasteiger partial charge on any atom is 0.255 e. The van der Waals surface area contributed by atoms with E-state index in [0.717, 1.165) is 12.8 Å². The van der Waals surface area contributed by atoms with Crippen molar-refractivity contribution >= 4 is 27.5 Å². The maximum atomic E-state index is 13.2. The number of halogens is 2. The van der Waals surface area contributed by atoms with Gasteiger partial charge >= 0.3 is 0 Å². The Morgan fingerprint density at radius 1 is 1.44 bits per heavy atom. The van der Waals surface area contributed by atoms with Crippen LogP contribution in [0.3, 0.4) is 0 Å². The number of hydrogen-bond acceptors (Lipinski definition) is 2. The molecule has 0 bridgehead atoms. The lowest BCUT2D eigenvalue weighted by atomic mass is 10.1. The van der Waals surface area contributed by atoms with Crippen molar-refractivity contribution in [1.29, 1.82) is 0 Å². The van der Waals surface area contributed by atoms with E-state index in [1.807, 2.05) is 6.92 Å². The number of carbonyl (C=O) groups excluding carboxylic acids is 1. The van der Waals surface area contributed by atoms with E-state index in [1.54, 1.807) is 4.90 Å². The number of nitrogen functional groups attached to an aromatic ring is 1. The second-order valence-electron chi connectivity index (χ2n) is 4.09. The summed E-state index contributed by atoms with van der Waals surface area (Å²) in [6.45, 7) is 5.33. The fourth-order valence-electron chi connectivity index (χ4n) is 1.65. The molecule has 18 heavy (non-hydrogen) atoms. The molecule has 5 heteroatoms. The van der Waals surface area contributed by atoms with Gasteiger partial charge in [-0.2, -0.15) is 0 Å². The van der Waals surface area contributed by atoms with E-state index in [-0.39, 0.29) is 11.6 Å². The zero-order chi connectivity index (χ0) is 13.7. The van der Waals surface area contributed by atoms with E-state index in [9.17, 15) is 9.18 Å². The molecule has 1 aromatic carbocycles. The van der Waals surface area contributed by atoms with Gasteiger partial charge in [0.05, 0.1) is 11.3 Å². The molecule has 0 spiro atoms. The summed E-state index contributed by atoms with van der Waals surface area (Å²) in [7, 11) is 0. The van der Waals surface area contributed by atoms with Gasteiger partial charge in [0.2, 0.25) is 0 Å². The number of unbranched alkanes of at least 4 members (excludes halogenated alkanes) is 1. The first-order chi connectivity index (χ1) is 8.51. The van der Waals surface area contributed by atoms with Gasteiger partial charge in [-0.3, -0.25) is 4.79 Å². The standard InChI is InChI=1S/C13H18BrFN2O/c1-3-5-6-17(4-2)13(18)9-7-12(16)11(15)8-10(9)14/h7-8H,3-6,16H2,1-2H3. The predicted molar refractivity (Wildman–Crippen MR) is 75.0 cm³/mol. The van der Waals surface area contributed by atoms with Gasteiger partial charge < -0.3 is 10.6 Å². The molecule has 1 rings (SSSR count). The molecule has 0 radical (unpaired) electrons. The number of rotatable bonds is 5. The molecule has 0 atom stereocenters. The smallest absolute Gasteiger partial charge is 0.255 e. The van der Waals surface area contributed by atoms with Crippen LogP contribution in [0.5, 0.6) is 0 Å². The van der Waals surface area contributed by atoms with Gasteiger partial charge in [-0.1, -0.05) is 13.3 Å². The number of anilines is 1. The number of hydrogen-bond donors (Lipinski definition) is 1. The molecule has 100 valence electrons. The van der Waals surface area contributed by atoms with Crippen LogP contribution in [0, 0.1) is 5.82 Å². The Bertz CT molecular complexity index is 437. The van der Waals surface area contributed by atoms with Crippen molar-refractivity contribution < 1.29 is 9.18 Å². The highest BCUT2D eigenvalue weighted by molar-refractivity contribution is 9.10. The highest BCUT2D eigenvalue weighted by Gasteiger charge is 2.18. The topological polar surface area (TPSA) is 46.3 Å². The Hall–Kier alpha value is -1.10. The number of nitrogens with zero attached hydrogens (tertiary/aromatic N) is 1. The molecule has 0 saturated heterocycles. The van der Waals surface area contributed by atoms with Gasteiger partial charge in [0.25, 0.3) is 5.91 Å². The van der Waals surface area contributed by atoms with E-state index < -0.39 is 5.82 Å². The van der Waals surface area contributed by atoms with Crippen molar-refractivity contribution in [2.24, 2.45) is 0 Å². The molecular weight excluding hydrogens is 299 g/mol. The van der Waals surface area contributed by atoms with Crippen LogP contribution in [-0.2, 0) is 0 Å². The maximum absolute atomic E-state index is 13.2. The van der Waals surface area contributed by atoms with E-state index in [4.69, 9.17) is 5.73 Å². The van der Waals surface area contributed by atoms with E-state index in [0.29, 0.717) is 23.1 Å². The summed E-state index contributed by atoms with van der Waals surface area (Å²) in [6.07, 6.45) is 1.98. The van der Waals surface area contributed by atoms with Gasteiger partial charge in [-0.15, -0.1) is 0 Å². The van der Waals surface area contributed by atoms with Crippen molar-refractivity contribution in [3.63, 3.8) is 0 Å². The average Bonchev–Trinajstić information content (AvgIpc) is 2.34. The monoisotopic (exact) mass is 316 g/mol. The summed E-state index contributed by atoms with van der Waals surface area (Å²) in [5, 5.41) is 0. The summed E-state index contributed by atoms with van der Waals surface area (Å²) >= 11 is 3.20. The van der Waals surface area contributed by atoms with Gasteiger partial charge in [-0.25, -0.2) is 4.39 Å². The van der Waals surface area contributed by atoms with Gasteiger partial charge in [0.1, 0.15) is 5.82 Å². The van der Waals surface area contributed by atoms with Crippen LogP contribution >= 0.6 is 15.9 Å². The molecule has 0 aliphatic rings. The lowest BCUT2D eigenvalue weighted by molar-refractivity contribution is 0.0761. The first-order valence-corrected chi connectivity index (χ1v) is 6.84. The van der Waals surface area contributed by atoms with Crippen LogP contribution < -0.4 is 5.73 Å². The van der Waals surface area contributed by atoms with Gasteiger partial charge in [0, 0.05) is 17.6 Å². The van der Waals surface area contributed by atoms with Crippen LogP contribution in [-0.4, -0.2) is 23.9 Å². The molecule has 0 saturated carbocycles. The SMILES string of the molecule is CCCCN(CC)C(=O)c1cc(N)c(F)cc1Br. The Kier molecular flexibility index (Phi) is 5.59. The fourth-order valence-corrected chi connectivity index (χ4v) is 2.14. The fraction of sp³-hybridized carbons (Fsp3) is 0.462. The Labute approximate surface area is 115 Å². The second kappa shape index (κ2) is 6.73. The third-order valence-corrected chi connectivity index (χ3v) is 3.42. The molecule has 0 aromatic heterocycles. The van der Waals surface area contributed by atoms with Crippen LogP contribution in [0.2, 0.25) is 0 Å². The van der Waals surface area contributed by atoms with Crippen LogP contribution in [0.25, 0.3) is 0 Å². The number of carbonyl (C=O) groups is 1. The highest BCUT2D eigenvalue weighted by atomic mass is 79.9. The normalized spacial score (nSPS) is 10.4. The first kappa shape index (κ1) is 15.0. The Morgan fingerprint density at radius 2 is 2.11 bits per heavy atom. The van der Waals surface area contributed by atoms with Crippen molar-refractivity contribution in [2.45, 2.75) is 26.7 Å². The number of amides is 1. The van der Waals surface area contributed by atoms with Crippen LogP contribution in [0.15, 0.2) is 16.6 Å². The van der Waals surface area contributed by atoms with Gasteiger partial charge in [0.15, 0.2) is 0 Å². The zero-order valence-electron chi connectivity index (χ0n) is 10.7. The van der Waals surface area contributed by atoms with Gasteiger partial charge in [-0.05, 0) is 41.4 Å². The summed E-state index contributed by atoms with van der Waals surface area (Å²) in [5.41, 5.74) is 5.91. The first-order valence-electron chi connectivity index (χ1n) is 6.05. The summed E-state index contributed by atoms with van der Waals surface area (Å²) in [5.74, 6) is -0.639. The molecule has 3 nitrogen and oxygen atoms in total. The summed E-state index contributed by atoms with van der Waals surface area (Å²) < 4.78 is 13.7. The Balaban J connectivity index is 2.98. The quantitative estimate of drug-likeness (QED) is 0.846. The zero-order valence-corrected chi connectivity index (χ0v) is 12.3. The molecule has 1 aromatic rings. The largest absolute Gasteiger partial charge is 0.396 e. The van der Waals surface area contributed by atoms with Crippen molar-refractivity contribution in [1.82, 2.24) is 4.90 Å². The lowest BCUT2D eigenvalue weighted by Crippen LogP contribution is -2.32. The molecule has 0 heterocycles. The van der Waals surface area contributed by atoms with Crippen molar-refractivity contribution in [3.05, 3.63) is 28.0 Å². The van der Waals surface area contributed by atoms with Crippen molar-refractivity contribution in [3.8, 4) is 0 Å². The summed E-state index contributed by atoms with van der Waals surface area (Å²) in [4.78, 5) is 14.0. The van der Waals surface area contributed by atoms with Crippen molar-refractivity contribution in [2.75, 3.05) is 18.8 Å². The molecule has 2 N–H and O–H groups in total. The molecule has 0 aliphatic heterocycles. The minimum atomic E-state index is -0.518. The number of nitrogens with two attached hydrogens (primary N) is 1. The molecule has 0 unspecified atom stereocenters.